The van der Waals surface area contributed by atoms with Crippen molar-refractivity contribution in [1.82, 2.24) is 15.1 Å². The maximum Gasteiger partial charge on any atom is 0.335 e. The zero-order valence-corrected chi connectivity index (χ0v) is 13.6. The van der Waals surface area contributed by atoms with Gasteiger partial charge in [0.2, 0.25) is 5.91 Å². The van der Waals surface area contributed by atoms with Crippen molar-refractivity contribution in [3.8, 4) is 0 Å². The number of carbonyl (C=O) groups excluding carboxylic acids is 4. The van der Waals surface area contributed by atoms with E-state index in [0.29, 0.717) is 22.9 Å². The molecule has 0 aliphatic carbocycles. The molecule has 0 bridgehead atoms. The smallest absolute Gasteiger partial charge is 0.335 e. The minimum Gasteiger partial charge on any atom is -0.354 e. The Labute approximate surface area is 143 Å². The number of nitrogens with zero attached hydrogens (tertiary/aromatic N) is 2. The fourth-order valence-electron chi connectivity index (χ4n) is 2.22. The highest BCUT2D eigenvalue weighted by molar-refractivity contribution is 6.45. The van der Waals surface area contributed by atoms with E-state index in [0.717, 1.165) is 10.5 Å². The molecule has 0 radical (unpaired) electrons. The molecule has 0 spiro atoms. The number of hydrogen-bond acceptors (Lipinski definition) is 4. The van der Waals surface area contributed by atoms with Gasteiger partial charge in [-0.2, -0.15) is 0 Å². The van der Waals surface area contributed by atoms with E-state index in [4.69, 9.17) is 11.6 Å². The predicted octanol–water partition coefficient (Wildman–Crippen LogP) is 0.976. The maximum atomic E-state index is 12.0. The van der Waals surface area contributed by atoms with Gasteiger partial charge < -0.3 is 5.32 Å². The van der Waals surface area contributed by atoms with Crippen LogP contribution in [0.3, 0.4) is 0 Å². The summed E-state index contributed by atoms with van der Waals surface area (Å²) in [5.41, 5.74) is 0.948. The van der Waals surface area contributed by atoms with Crippen molar-refractivity contribution in [1.29, 1.82) is 0 Å². The van der Waals surface area contributed by atoms with Crippen molar-refractivity contribution < 1.29 is 19.2 Å². The second kappa shape index (κ2) is 7.74. The second-order valence-electron chi connectivity index (χ2n) is 5.11. The summed E-state index contributed by atoms with van der Waals surface area (Å²) in [6.07, 6.45) is 1.88. The van der Waals surface area contributed by atoms with Crippen LogP contribution in [0.15, 0.2) is 36.9 Å². The summed E-state index contributed by atoms with van der Waals surface area (Å²) in [4.78, 5) is 48.6. The molecule has 8 heteroatoms. The highest BCUT2D eigenvalue weighted by Crippen LogP contribution is 2.12. The van der Waals surface area contributed by atoms with Crippen LogP contribution in [0.25, 0.3) is 0 Å². The van der Waals surface area contributed by atoms with Gasteiger partial charge >= 0.3 is 17.8 Å². The zero-order valence-electron chi connectivity index (χ0n) is 12.8. The Bertz CT molecular complexity index is 704. The summed E-state index contributed by atoms with van der Waals surface area (Å²) in [7, 11) is 0. The Hall–Kier alpha value is -2.67. The molecular weight excluding hydrogens is 334 g/mol. The van der Waals surface area contributed by atoms with Gasteiger partial charge in [-0.1, -0.05) is 29.8 Å². The molecule has 1 saturated heterocycles. The van der Waals surface area contributed by atoms with Crippen LogP contribution in [0.1, 0.15) is 5.56 Å². The molecule has 1 fully saturated rings. The van der Waals surface area contributed by atoms with Gasteiger partial charge in [-0.15, -0.1) is 6.58 Å². The fourth-order valence-corrected chi connectivity index (χ4v) is 2.43. The molecule has 7 nitrogen and oxygen atoms in total. The van der Waals surface area contributed by atoms with Crippen molar-refractivity contribution in [2.75, 3.05) is 19.6 Å². The van der Waals surface area contributed by atoms with Crippen LogP contribution in [-0.4, -0.2) is 53.2 Å². The quantitative estimate of drug-likeness (QED) is 0.451. The molecule has 1 aliphatic heterocycles. The molecule has 0 atom stereocenters. The lowest BCUT2D eigenvalue weighted by atomic mass is 10.1. The highest BCUT2D eigenvalue weighted by Gasteiger charge is 2.44. The first-order valence-electron chi connectivity index (χ1n) is 7.23. The van der Waals surface area contributed by atoms with Gasteiger partial charge in [0.15, 0.2) is 0 Å². The van der Waals surface area contributed by atoms with Gasteiger partial charge in [-0.25, -0.2) is 9.69 Å². The fraction of sp³-hybridized carbons (Fsp3) is 0.250. The Morgan fingerprint density at radius 1 is 1.21 bits per heavy atom. The van der Waals surface area contributed by atoms with E-state index >= 15 is 0 Å². The van der Waals surface area contributed by atoms with E-state index in [1.54, 1.807) is 18.2 Å². The molecular formula is C16H16ClN3O4. The summed E-state index contributed by atoms with van der Waals surface area (Å²) in [5.74, 6) is -2.48. The van der Waals surface area contributed by atoms with Gasteiger partial charge in [-0.3, -0.25) is 19.3 Å². The topological polar surface area (TPSA) is 86.8 Å². The van der Waals surface area contributed by atoms with Crippen LogP contribution >= 0.6 is 11.6 Å². The minimum atomic E-state index is -1.01. The normalized spacial score (nSPS) is 14.3. The van der Waals surface area contributed by atoms with Crippen LogP contribution in [0.5, 0.6) is 0 Å². The largest absolute Gasteiger partial charge is 0.354 e. The molecule has 126 valence electrons. The Balaban J connectivity index is 1.86. The second-order valence-corrected chi connectivity index (χ2v) is 5.54. The van der Waals surface area contributed by atoms with Crippen molar-refractivity contribution in [2.45, 2.75) is 6.42 Å². The molecule has 1 N–H and O–H groups in total. The number of rotatable bonds is 7. The van der Waals surface area contributed by atoms with Crippen LogP contribution < -0.4 is 5.32 Å². The van der Waals surface area contributed by atoms with Crippen molar-refractivity contribution in [3.05, 3.63) is 47.5 Å². The highest BCUT2D eigenvalue weighted by atomic mass is 35.5. The number of amides is 5. The number of urea groups is 1. The minimum absolute atomic E-state index is 0.0731. The predicted molar refractivity (Wildman–Crippen MR) is 87.2 cm³/mol. The van der Waals surface area contributed by atoms with Crippen LogP contribution in [0.4, 0.5) is 4.79 Å². The van der Waals surface area contributed by atoms with Gasteiger partial charge in [0.05, 0.1) is 0 Å². The van der Waals surface area contributed by atoms with E-state index < -0.39 is 30.3 Å². The molecule has 0 unspecified atom stereocenters. The lowest BCUT2D eigenvalue weighted by Crippen LogP contribution is -2.42. The average Bonchev–Trinajstić information content (AvgIpc) is 2.73. The van der Waals surface area contributed by atoms with E-state index in [2.05, 4.69) is 11.9 Å². The van der Waals surface area contributed by atoms with Gasteiger partial charge in [0.25, 0.3) is 0 Å². The van der Waals surface area contributed by atoms with Gasteiger partial charge in [0, 0.05) is 18.1 Å². The number of hydrogen-bond donors (Lipinski definition) is 1. The van der Waals surface area contributed by atoms with Crippen LogP contribution in [0, 0.1) is 0 Å². The van der Waals surface area contributed by atoms with E-state index in [-0.39, 0.29) is 6.54 Å². The number of nitrogens with one attached hydrogen (secondary N) is 1. The van der Waals surface area contributed by atoms with Crippen molar-refractivity contribution in [2.24, 2.45) is 0 Å². The molecule has 0 saturated carbocycles. The molecule has 1 aliphatic rings. The van der Waals surface area contributed by atoms with Gasteiger partial charge in [-0.05, 0) is 24.1 Å². The molecule has 1 heterocycles. The summed E-state index contributed by atoms with van der Waals surface area (Å²) in [6, 6.07) is 6.40. The van der Waals surface area contributed by atoms with E-state index in [1.807, 2.05) is 6.07 Å². The van der Waals surface area contributed by atoms with Crippen molar-refractivity contribution in [3.63, 3.8) is 0 Å². The van der Waals surface area contributed by atoms with Crippen LogP contribution in [-0.2, 0) is 20.8 Å². The number of imide groups is 2. The summed E-state index contributed by atoms with van der Waals surface area (Å²) >= 11 is 5.87. The maximum absolute atomic E-state index is 12.0. The van der Waals surface area contributed by atoms with E-state index in [1.165, 1.54) is 6.08 Å². The van der Waals surface area contributed by atoms with Crippen molar-refractivity contribution >= 4 is 35.4 Å². The first-order chi connectivity index (χ1) is 11.4. The summed E-state index contributed by atoms with van der Waals surface area (Å²) < 4.78 is 0. The molecule has 5 amide bonds. The zero-order chi connectivity index (χ0) is 17.7. The number of halogens is 1. The SMILES string of the molecule is C=CCN1C(=O)C(=O)N(CC(=O)NCCc2cccc(Cl)c2)C1=O. The monoisotopic (exact) mass is 349 g/mol. The molecule has 1 aromatic rings. The van der Waals surface area contributed by atoms with Crippen LogP contribution in [0.2, 0.25) is 5.02 Å². The van der Waals surface area contributed by atoms with E-state index in [9.17, 15) is 19.2 Å². The number of carbonyl (C=O) groups is 4. The molecule has 24 heavy (non-hydrogen) atoms. The lowest BCUT2D eigenvalue weighted by molar-refractivity contribution is -0.143. The third-order valence-electron chi connectivity index (χ3n) is 3.37. The molecule has 2 rings (SSSR count). The Morgan fingerprint density at radius 2 is 1.92 bits per heavy atom. The summed E-state index contributed by atoms with van der Waals surface area (Å²) in [5, 5.41) is 3.21. The third-order valence-corrected chi connectivity index (χ3v) is 3.61. The average molecular weight is 350 g/mol. The number of benzene rings is 1. The molecule has 0 aromatic heterocycles. The lowest BCUT2D eigenvalue weighted by Gasteiger charge is -2.14. The molecule has 1 aromatic carbocycles. The summed E-state index contributed by atoms with van der Waals surface area (Å²) in [6.45, 7) is 3.17. The first-order valence-corrected chi connectivity index (χ1v) is 7.61. The standard InChI is InChI=1S/C16H16ClN3O4/c1-2-8-19-14(22)15(23)20(16(19)24)10-13(21)18-7-6-11-4-3-5-12(17)9-11/h2-5,9H,1,6-8,10H2,(H,18,21). The first kappa shape index (κ1) is 17.7. The van der Waals surface area contributed by atoms with Gasteiger partial charge in [0.1, 0.15) is 6.54 Å². The third kappa shape index (κ3) is 3.99. The Kier molecular flexibility index (Phi) is 5.70. The Morgan fingerprint density at radius 3 is 2.58 bits per heavy atom.